The minimum Gasteiger partial charge on any atom is -0.448 e. The van der Waals surface area contributed by atoms with Crippen molar-refractivity contribution in [2.45, 2.75) is 33.6 Å². The Morgan fingerprint density at radius 1 is 1.31 bits per heavy atom. The molecule has 3 nitrogen and oxygen atoms in total. The van der Waals surface area contributed by atoms with E-state index < -0.39 is 5.41 Å². The van der Waals surface area contributed by atoms with E-state index >= 15 is 0 Å². The fraction of sp³-hybridized carbons (Fsp3) is 0.778. The molecule has 0 spiro atoms. The first-order valence-electron chi connectivity index (χ1n) is 4.44. The Kier molecular flexibility index (Phi) is 5.16. The van der Waals surface area contributed by atoms with Crippen LogP contribution in [0.4, 0.5) is 0 Å². The van der Waals surface area contributed by atoms with Gasteiger partial charge in [0.1, 0.15) is 11.2 Å². The van der Waals surface area contributed by atoms with Gasteiger partial charge in [0.25, 0.3) is 0 Å². The molecule has 0 saturated carbocycles. The van der Waals surface area contributed by atoms with Crippen LogP contribution in [0.3, 0.4) is 0 Å². The second-order valence-electron chi connectivity index (χ2n) is 2.94. The van der Waals surface area contributed by atoms with Gasteiger partial charge in [0, 0.05) is 0 Å². The number of Topliss-reactive ketones (excluding diaryl/α,β-unsaturated/α-hetero) is 1. The number of ketones is 1. The monoisotopic (exact) mass is 204 g/mol. The Balaban J connectivity index is 4.75. The van der Waals surface area contributed by atoms with Crippen molar-refractivity contribution in [1.82, 2.24) is 0 Å². The van der Waals surface area contributed by atoms with E-state index in [1.165, 1.54) is 6.92 Å². The number of carbonyl (C=O) groups is 2. The minimum absolute atomic E-state index is 0.0965. The van der Waals surface area contributed by atoms with E-state index in [-0.39, 0.29) is 20.6 Å². The Labute approximate surface area is 81.1 Å². The Morgan fingerprint density at radius 2 is 1.77 bits per heavy atom. The zero-order valence-electron chi connectivity index (χ0n) is 8.64. The third-order valence-corrected chi connectivity index (χ3v) is 2.86. The van der Waals surface area contributed by atoms with Crippen LogP contribution in [-0.2, 0) is 14.1 Å². The van der Waals surface area contributed by atoms with E-state index in [0.29, 0.717) is 12.8 Å². The third-order valence-electron chi connectivity index (χ3n) is 2.47. The lowest BCUT2D eigenvalue weighted by molar-refractivity contribution is -0.151. The van der Waals surface area contributed by atoms with Gasteiger partial charge in [0.05, 0.1) is 8.81 Å². The highest BCUT2D eigenvalue weighted by molar-refractivity contribution is 7.31. The molecule has 0 aromatic rings. The van der Waals surface area contributed by atoms with Gasteiger partial charge in [0.2, 0.25) is 0 Å². The smallest absolute Gasteiger partial charge is 0.321 e. The molecular weight excluding hydrogens is 187 g/mol. The van der Waals surface area contributed by atoms with Gasteiger partial charge < -0.3 is 4.52 Å². The molecule has 13 heavy (non-hydrogen) atoms. The van der Waals surface area contributed by atoms with Gasteiger partial charge in [0.15, 0.2) is 0 Å². The van der Waals surface area contributed by atoms with E-state index in [1.807, 2.05) is 13.8 Å². The summed E-state index contributed by atoms with van der Waals surface area (Å²) in [5, 5.41) is 0. The maximum absolute atomic E-state index is 11.5. The molecule has 0 N–H and O–H groups in total. The summed E-state index contributed by atoms with van der Waals surface area (Å²) in [6.45, 7) is 6.90. The largest absolute Gasteiger partial charge is 0.448 e. The second kappa shape index (κ2) is 5.33. The Bertz CT molecular complexity index is 197. The van der Waals surface area contributed by atoms with Gasteiger partial charge in [-0.05, 0) is 26.4 Å². The molecule has 4 heteroatoms. The lowest BCUT2D eigenvalue weighted by Crippen LogP contribution is -2.37. The molecule has 0 aromatic heterocycles. The fourth-order valence-electron chi connectivity index (χ4n) is 1.37. The molecule has 0 aliphatic carbocycles. The topological polar surface area (TPSA) is 43.4 Å². The van der Waals surface area contributed by atoms with Crippen LogP contribution in [-0.4, -0.2) is 18.4 Å². The predicted octanol–water partition coefficient (Wildman–Crippen LogP) is 2.15. The summed E-state index contributed by atoms with van der Waals surface area (Å²) in [5.41, 5.74) is -0.900. The highest BCUT2D eigenvalue weighted by atomic mass is 31.1. The van der Waals surface area contributed by atoms with Crippen molar-refractivity contribution >= 4 is 20.6 Å². The summed E-state index contributed by atoms with van der Waals surface area (Å²) in [4.78, 5) is 22.9. The SMILES string of the molecule is CCC(CC)(C(C)=O)C(=O)OPC. The lowest BCUT2D eigenvalue weighted by Gasteiger charge is -2.25. The third kappa shape index (κ3) is 2.50. The van der Waals surface area contributed by atoms with E-state index in [1.54, 1.807) is 6.66 Å². The summed E-state index contributed by atoms with van der Waals surface area (Å²) in [6, 6.07) is 0. The van der Waals surface area contributed by atoms with Crippen molar-refractivity contribution < 1.29 is 14.1 Å². The van der Waals surface area contributed by atoms with Crippen molar-refractivity contribution in [3.8, 4) is 0 Å². The molecule has 0 rings (SSSR count). The first kappa shape index (κ1) is 12.6. The van der Waals surface area contributed by atoms with Crippen molar-refractivity contribution in [2.24, 2.45) is 5.41 Å². The molecule has 0 aliphatic rings. The van der Waals surface area contributed by atoms with Crippen molar-refractivity contribution in [1.29, 1.82) is 0 Å². The lowest BCUT2D eigenvalue weighted by atomic mass is 9.79. The molecule has 0 saturated heterocycles. The van der Waals surface area contributed by atoms with Crippen LogP contribution in [0, 0.1) is 5.41 Å². The van der Waals surface area contributed by atoms with Gasteiger partial charge in [-0.1, -0.05) is 13.8 Å². The number of hydrogen-bond acceptors (Lipinski definition) is 3. The number of carbonyl (C=O) groups excluding carboxylic acids is 2. The van der Waals surface area contributed by atoms with Gasteiger partial charge in [-0.25, -0.2) is 0 Å². The van der Waals surface area contributed by atoms with Crippen LogP contribution in [0.15, 0.2) is 0 Å². The van der Waals surface area contributed by atoms with E-state index in [4.69, 9.17) is 4.52 Å². The van der Waals surface area contributed by atoms with Crippen LogP contribution in [0.2, 0.25) is 0 Å². The zero-order valence-corrected chi connectivity index (χ0v) is 9.64. The van der Waals surface area contributed by atoms with E-state index in [9.17, 15) is 9.59 Å². The van der Waals surface area contributed by atoms with E-state index in [0.717, 1.165) is 0 Å². The maximum Gasteiger partial charge on any atom is 0.321 e. The van der Waals surface area contributed by atoms with Crippen molar-refractivity contribution in [2.75, 3.05) is 6.66 Å². The quantitative estimate of drug-likeness (QED) is 0.509. The summed E-state index contributed by atoms with van der Waals surface area (Å²) in [6.07, 6.45) is 1.03. The molecule has 0 radical (unpaired) electrons. The van der Waals surface area contributed by atoms with Crippen LogP contribution >= 0.6 is 8.81 Å². The first-order valence-corrected chi connectivity index (χ1v) is 5.85. The molecule has 1 unspecified atom stereocenters. The highest BCUT2D eigenvalue weighted by Gasteiger charge is 2.41. The van der Waals surface area contributed by atoms with Crippen LogP contribution in [0.5, 0.6) is 0 Å². The second-order valence-corrected chi connectivity index (χ2v) is 3.55. The Hall–Kier alpha value is -0.430. The van der Waals surface area contributed by atoms with Crippen LogP contribution < -0.4 is 0 Å². The molecule has 1 atom stereocenters. The average molecular weight is 204 g/mol. The molecule has 0 aliphatic heterocycles. The fourth-order valence-corrected chi connectivity index (χ4v) is 1.75. The van der Waals surface area contributed by atoms with Gasteiger partial charge in [-0.15, -0.1) is 0 Å². The molecule has 0 heterocycles. The molecule has 0 aromatic carbocycles. The normalized spacial score (nSPS) is 12.0. The molecule has 76 valence electrons. The van der Waals surface area contributed by atoms with Gasteiger partial charge in [-0.3, -0.25) is 9.59 Å². The van der Waals surface area contributed by atoms with Crippen molar-refractivity contribution in [3.05, 3.63) is 0 Å². The van der Waals surface area contributed by atoms with E-state index in [2.05, 4.69) is 0 Å². The maximum atomic E-state index is 11.5. The summed E-state index contributed by atoms with van der Waals surface area (Å²) in [7, 11) is 0.109. The van der Waals surface area contributed by atoms with Gasteiger partial charge in [-0.2, -0.15) is 0 Å². The average Bonchev–Trinajstić information content (AvgIpc) is 2.07. The standard InChI is InChI=1S/C9H17O3P/c1-5-9(6-2,7(3)10)8(11)12-13-4/h13H,5-6H2,1-4H3. The minimum atomic E-state index is -0.900. The zero-order chi connectivity index (χ0) is 10.5. The molecule has 0 amide bonds. The summed E-state index contributed by atoms with van der Waals surface area (Å²) in [5.74, 6) is -0.466. The summed E-state index contributed by atoms with van der Waals surface area (Å²) < 4.78 is 4.92. The number of rotatable bonds is 5. The molecule has 0 fully saturated rings. The number of hydrogen-bond donors (Lipinski definition) is 0. The van der Waals surface area contributed by atoms with Crippen LogP contribution in [0.1, 0.15) is 33.6 Å². The summed E-state index contributed by atoms with van der Waals surface area (Å²) >= 11 is 0. The molecule has 0 bridgehead atoms. The Morgan fingerprint density at radius 3 is 2.00 bits per heavy atom. The predicted molar refractivity (Wildman–Crippen MR) is 54.0 cm³/mol. The van der Waals surface area contributed by atoms with Crippen LogP contribution in [0.25, 0.3) is 0 Å². The van der Waals surface area contributed by atoms with Gasteiger partial charge >= 0.3 is 5.97 Å². The molecular formula is C9H17O3P. The van der Waals surface area contributed by atoms with Crippen molar-refractivity contribution in [3.63, 3.8) is 0 Å². The highest BCUT2D eigenvalue weighted by Crippen LogP contribution is 2.31. The first-order chi connectivity index (χ1) is 6.05.